The zero-order valence-corrected chi connectivity index (χ0v) is 13.6. The van der Waals surface area contributed by atoms with Gasteiger partial charge in [0.1, 0.15) is 6.29 Å². The van der Waals surface area contributed by atoms with Crippen LogP contribution in [0.25, 0.3) is 0 Å². The SMILES string of the molecule is CCCOc1cc(C=O)cc2c1OC(CC)C(=O)N2C(C)C. The number of nitrogens with zero attached hydrogens (tertiary/aromatic N) is 1. The molecule has 2 rings (SSSR count). The Hall–Kier alpha value is -2.04. The van der Waals surface area contributed by atoms with E-state index in [1.165, 1.54) is 0 Å². The number of amides is 1. The van der Waals surface area contributed by atoms with E-state index < -0.39 is 6.10 Å². The number of anilines is 1. The Kier molecular flexibility index (Phi) is 5.06. The van der Waals surface area contributed by atoms with Gasteiger partial charge in [-0.15, -0.1) is 0 Å². The van der Waals surface area contributed by atoms with Crippen LogP contribution in [0.3, 0.4) is 0 Å². The van der Waals surface area contributed by atoms with Crippen LogP contribution in [0, 0.1) is 0 Å². The first-order chi connectivity index (χ1) is 10.5. The van der Waals surface area contributed by atoms with Crippen LogP contribution in [0.4, 0.5) is 5.69 Å². The minimum atomic E-state index is -0.513. The standard InChI is InChI=1S/C17H23NO4/c1-5-7-21-15-9-12(10-19)8-13-16(15)22-14(6-2)17(20)18(13)11(3)4/h8-11,14H,5-7H2,1-4H3. The van der Waals surface area contributed by atoms with E-state index in [1.54, 1.807) is 17.0 Å². The fraction of sp³-hybridized carbons (Fsp3) is 0.529. The summed E-state index contributed by atoms with van der Waals surface area (Å²) in [7, 11) is 0. The van der Waals surface area contributed by atoms with Crippen molar-refractivity contribution in [2.75, 3.05) is 11.5 Å². The van der Waals surface area contributed by atoms with Crippen LogP contribution in [0.2, 0.25) is 0 Å². The maximum Gasteiger partial charge on any atom is 0.268 e. The van der Waals surface area contributed by atoms with E-state index in [9.17, 15) is 9.59 Å². The molecule has 0 aliphatic carbocycles. The van der Waals surface area contributed by atoms with Crippen LogP contribution in [0.1, 0.15) is 50.9 Å². The van der Waals surface area contributed by atoms with Gasteiger partial charge in [-0.1, -0.05) is 13.8 Å². The van der Waals surface area contributed by atoms with Gasteiger partial charge in [-0.05, 0) is 38.8 Å². The number of carbonyl (C=O) groups is 2. The van der Waals surface area contributed by atoms with Crippen LogP contribution < -0.4 is 14.4 Å². The normalized spacial score (nSPS) is 17.2. The predicted octanol–water partition coefficient (Wildman–Crippen LogP) is 3.20. The summed E-state index contributed by atoms with van der Waals surface area (Å²) in [6, 6.07) is 3.33. The molecule has 1 atom stereocenters. The zero-order valence-electron chi connectivity index (χ0n) is 13.6. The first kappa shape index (κ1) is 16.3. The highest BCUT2D eigenvalue weighted by Gasteiger charge is 2.37. The Morgan fingerprint density at radius 2 is 2.09 bits per heavy atom. The molecule has 1 amide bonds. The summed E-state index contributed by atoms with van der Waals surface area (Å²) in [4.78, 5) is 25.4. The van der Waals surface area contributed by atoms with Crippen molar-refractivity contribution < 1.29 is 19.1 Å². The summed E-state index contributed by atoms with van der Waals surface area (Å²) < 4.78 is 11.6. The molecule has 22 heavy (non-hydrogen) atoms. The summed E-state index contributed by atoms with van der Waals surface area (Å²) in [6.45, 7) is 8.35. The lowest BCUT2D eigenvalue weighted by Crippen LogP contribution is -2.49. The van der Waals surface area contributed by atoms with Crippen molar-refractivity contribution in [3.8, 4) is 11.5 Å². The maximum atomic E-state index is 12.6. The lowest BCUT2D eigenvalue weighted by Gasteiger charge is -2.37. The summed E-state index contributed by atoms with van der Waals surface area (Å²) >= 11 is 0. The summed E-state index contributed by atoms with van der Waals surface area (Å²) in [6.07, 6.45) is 1.68. The van der Waals surface area contributed by atoms with E-state index in [0.717, 1.165) is 12.7 Å². The van der Waals surface area contributed by atoms with Gasteiger partial charge in [-0.2, -0.15) is 0 Å². The molecule has 0 spiro atoms. The van der Waals surface area contributed by atoms with Crippen LogP contribution in [-0.2, 0) is 4.79 Å². The second-order valence-corrected chi connectivity index (χ2v) is 5.65. The molecule has 1 heterocycles. The quantitative estimate of drug-likeness (QED) is 0.757. The second-order valence-electron chi connectivity index (χ2n) is 5.65. The Labute approximate surface area is 131 Å². The zero-order chi connectivity index (χ0) is 16.3. The third-order valence-corrected chi connectivity index (χ3v) is 3.58. The molecule has 0 fully saturated rings. The van der Waals surface area contributed by atoms with E-state index >= 15 is 0 Å². The highest BCUT2D eigenvalue weighted by molar-refractivity contribution is 6.02. The number of hydrogen-bond acceptors (Lipinski definition) is 4. The number of carbonyl (C=O) groups excluding carboxylic acids is 2. The Bertz CT molecular complexity index is 568. The van der Waals surface area contributed by atoms with Crippen molar-refractivity contribution >= 4 is 17.9 Å². The minimum Gasteiger partial charge on any atom is -0.490 e. The number of ether oxygens (including phenoxy) is 2. The van der Waals surface area contributed by atoms with E-state index in [4.69, 9.17) is 9.47 Å². The molecule has 1 aliphatic rings. The molecule has 0 aromatic heterocycles. The number of aldehydes is 1. The molecule has 0 N–H and O–H groups in total. The molecule has 5 heteroatoms. The molecule has 5 nitrogen and oxygen atoms in total. The summed E-state index contributed by atoms with van der Waals surface area (Å²) in [5, 5.41) is 0. The molecule has 1 aromatic rings. The smallest absolute Gasteiger partial charge is 0.268 e. The average Bonchev–Trinajstić information content (AvgIpc) is 2.51. The molecule has 120 valence electrons. The van der Waals surface area contributed by atoms with Crippen LogP contribution in [-0.4, -0.2) is 30.9 Å². The number of benzene rings is 1. The van der Waals surface area contributed by atoms with Gasteiger partial charge in [0.05, 0.1) is 12.3 Å². The highest BCUT2D eigenvalue weighted by Crippen LogP contribution is 2.44. The monoisotopic (exact) mass is 305 g/mol. The van der Waals surface area contributed by atoms with Gasteiger partial charge in [0.15, 0.2) is 17.6 Å². The van der Waals surface area contributed by atoms with E-state index in [2.05, 4.69) is 0 Å². The van der Waals surface area contributed by atoms with Gasteiger partial charge < -0.3 is 14.4 Å². The summed E-state index contributed by atoms with van der Waals surface area (Å²) in [5.74, 6) is 1.01. The van der Waals surface area contributed by atoms with Crippen LogP contribution >= 0.6 is 0 Å². The lowest BCUT2D eigenvalue weighted by atomic mass is 10.1. The van der Waals surface area contributed by atoms with Crippen molar-refractivity contribution in [1.82, 2.24) is 0 Å². The Balaban J connectivity index is 2.58. The maximum absolute atomic E-state index is 12.6. The van der Waals surface area contributed by atoms with E-state index in [1.807, 2.05) is 27.7 Å². The largest absolute Gasteiger partial charge is 0.490 e. The van der Waals surface area contributed by atoms with Gasteiger partial charge in [-0.25, -0.2) is 0 Å². The predicted molar refractivity (Wildman–Crippen MR) is 84.9 cm³/mol. The van der Waals surface area contributed by atoms with Crippen LogP contribution in [0.15, 0.2) is 12.1 Å². The van der Waals surface area contributed by atoms with Crippen LogP contribution in [0.5, 0.6) is 11.5 Å². The fourth-order valence-electron chi connectivity index (χ4n) is 2.55. The van der Waals surface area contributed by atoms with Crippen molar-refractivity contribution in [2.45, 2.75) is 52.7 Å². The number of rotatable bonds is 6. The van der Waals surface area contributed by atoms with Crippen molar-refractivity contribution in [1.29, 1.82) is 0 Å². The Morgan fingerprint density at radius 3 is 2.64 bits per heavy atom. The second kappa shape index (κ2) is 6.81. The van der Waals surface area contributed by atoms with E-state index in [-0.39, 0.29) is 11.9 Å². The minimum absolute atomic E-state index is 0.0230. The van der Waals surface area contributed by atoms with Gasteiger partial charge in [0.25, 0.3) is 5.91 Å². The number of hydrogen-bond donors (Lipinski definition) is 0. The van der Waals surface area contributed by atoms with Gasteiger partial charge in [0.2, 0.25) is 0 Å². The van der Waals surface area contributed by atoms with Gasteiger partial charge in [-0.3, -0.25) is 9.59 Å². The highest BCUT2D eigenvalue weighted by atomic mass is 16.5. The van der Waals surface area contributed by atoms with E-state index in [0.29, 0.717) is 35.8 Å². The first-order valence-electron chi connectivity index (χ1n) is 7.79. The molecule has 0 bridgehead atoms. The molecular formula is C17H23NO4. The van der Waals surface area contributed by atoms with Gasteiger partial charge in [0, 0.05) is 11.6 Å². The van der Waals surface area contributed by atoms with Crippen molar-refractivity contribution in [3.05, 3.63) is 17.7 Å². The topological polar surface area (TPSA) is 55.8 Å². The molecule has 1 aromatic carbocycles. The summed E-state index contributed by atoms with van der Waals surface area (Å²) in [5.41, 5.74) is 1.09. The van der Waals surface area contributed by atoms with Crippen molar-refractivity contribution in [2.24, 2.45) is 0 Å². The molecule has 0 radical (unpaired) electrons. The van der Waals surface area contributed by atoms with Crippen molar-refractivity contribution in [3.63, 3.8) is 0 Å². The Morgan fingerprint density at radius 1 is 1.36 bits per heavy atom. The van der Waals surface area contributed by atoms with Gasteiger partial charge >= 0.3 is 0 Å². The first-order valence-corrected chi connectivity index (χ1v) is 7.79. The molecule has 0 saturated carbocycles. The molecule has 1 aliphatic heterocycles. The number of fused-ring (bicyclic) bond motifs is 1. The molecular weight excluding hydrogens is 282 g/mol. The average molecular weight is 305 g/mol. The fourth-order valence-corrected chi connectivity index (χ4v) is 2.55. The molecule has 0 saturated heterocycles. The third kappa shape index (κ3) is 2.93. The molecule has 1 unspecified atom stereocenters. The lowest BCUT2D eigenvalue weighted by molar-refractivity contribution is -0.126. The third-order valence-electron chi connectivity index (χ3n) is 3.58.